The SMILES string of the molecule is Cc1ccccc1CN1CCN(C(=O)c2ccc(F)cc2Cl)CC1. The van der Waals surface area contributed by atoms with Crippen LogP contribution in [0.4, 0.5) is 4.39 Å². The van der Waals surface area contributed by atoms with Crippen LogP contribution in [-0.4, -0.2) is 41.9 Å². The minimum Gasteiger partial charge on any atom is -0.336 e. The standard InChI is InChI=1S/C19H20ClFN2O/c1-14-4-2-3-5-15(14)13-22-8-10-23(11-9-22)19(24)17-7-6-16(21)12-18(17)20/h2-7,12H,8-11,13H2,1H3. The van der Waals surface area contributed by atoms with E-state index in [2.05, 4.69) is 30.0 Å². The third-order valence-electron chi connectivity index (χ3n) is 4.48. The lowest BCUT2D eigenvalue weighted by atomic mass is 10.1. The summed E-state index contributed by atoms with van der Waals surface area (Å²) in [4.78, 5) is 16.7. The lowest BCUT2D eigenvalue weighted by molar-refractivity contribution is 0.0628. The highest BCUT2D eigenvalue weighted by Crippen LogP contribution is 2.20. The van der Waals surface area contributed by atoms with Gasteiger partial charge in [0.2, 0.25) is 0 Å². The maximum Gasteiger partial charge on any atom is 0.255 e. The number of aryl methyl sites for hydroxylation is 1. The van der Waals surface area contributed by atoms with E-state index in [1.807, 2.05) is 6.07 Å². The van der Waals surface area contributed by atoms with E-state index in [9.17, 15) is 9.18 Å². The van der Waals surface area contributed by atoms with E-state index in [0.717, 1.165) is 19.6 Å². The molecular formula is C19H20ClFN2O. The Kier molecular flexibility index (Phi) is 5.17. The molecule has 0 radical (unpaired) electrons. The van der Waals surface area contributed by atoms with E-state index in [-0.39, 0.29) is 10.9 Å². The van der Waals surface area contributed by atoms with Crippen molar-refractivity contribution in [2.45, 2.75) is 13.5 Å². The van der Waals surface area contributed by atoms with Crippen molar-refractivity contribution in [1.82, 2.24) is 9.80 Å². The molecule has 1 aliphatic heterocycles. The Balaban J connectivity index is 1.60. The molecular weight excluding hydrogens is 327 g/mol. The van der Waals surface area contributed by atoms with Crippen molar-refractivity contribution >= 4 is 17.5 Å². The zero-order chi connectivity index (χ0) is 17.1. The highest BCUT2D eigenvalue weighted by Gasteiger charge is 2.23. The van der Waals surface area contributed by atoms with Gasteiger partial charge < -0.3 is 4.90 Å². The quantitative estimate of drug-likeness (QED) is 0.845. The van der Waals surface area contributed by atoms with Crippen molar-refractivity contribution in [3.8, 4) is 0 Å². The molecule has 0 aliphatic carbocycles. The van der Waals surface area contributed by atoms with E-state index in [1.54, 1.807) is 4.90 Å². The summed E-state index contributed by atoms with van der Waals surface area (Å²) in [5.74, 6) is -0.560. The van der Waals surface area contributed by atoms with Crippen molar-refractivity contribution in [2.24, 2.45) is 0 Å². The van der Waals surface area contributed by atoms with Crippen LogP contribution in [0.2, 0.25) is 5.02 Å². The maximum atomic E-state index is 13.1. The first-order valence-corrected chi connectivity index (χ1v) is 8.43. The summed E-state index contributed by atoms with van der Waals surface area (Å²) in [6.07, 6.45) is 0. The number of rotatable bonds is 3. The summed E-state index contributed by atoms with van der Waals surface area (Å²) < 4.78 is 13.1. The molecule has 0 N–H and O–H groups in total. The van der Waals surface area contributed by atoms with Gasteiger partial charge in [-0.25, -0.2) is 4.39 Å². The minimum atomic E-state index is -0.431. The zero-order valence-electron chi connectivity index (χ0n) is 13.6. The number of halogens is 2. The largest absolute Gasteiger partial charge is 0.336 e. The number of carbonyl (C=O) groups excluding carboxylic acids is 1. The molecule has 0 bridgehead atoms. The van der Waals surface area contributed by atoms with Crippen LogP contribution < -0.4 is 0 Å². The van der Waals surface area contributed by atoms with Crippen molar-refractivity contribution < 1.29 is 9.18 Å². The number of carbonyl (C=O) groups is 1. The van der Waals surface area contributed by atoms with E-state index in [1.165, 1.54) is 29.3 Å². The Hall–Kier alpha value is -1.91. The Labute approximate surface area is 146 Å². The molecule has 0 unspecified atom stereocenters. The molecule has 24 heavy (non-hydrogen) atoms. The van der Waals surface area contributed by atoms with Gasteiger partial charge >= 0.3 is 0 Å². The van der Waals surface area contributed by atoms with Gasteiger partial charge in [0.15, 0.2) is 0 Å². The summed E-state index contributed by atoms with van der Waals surface area (Å²) in [5.41, 5.74) is 2.97. The van der Waals surface area contributed by atoms with Crippen LogP contribution in [0.15, 0.2) is 42.5 Å². The van der Waals surface area contributed by atoms with Gasteiger partial charge in [-0.15, -0.1) is 0 Å². The molecule has 5 heteroatoms. The summed E-state index contributed by atoms with van der Waals surface area (Å²) in [7, 11) is 0. The molecule has 1 aliphatic rings. The zero-order valence-corrected chi connectivity index (χ0v) is 14.4. The molecule has 1 amide bonds. The van der Waals surface area contributed by atoms with Crippen LogP contribution >= 0.6 is 11.6 Å². The lowest BCUT2D eigenvalue weighted by Crippen LogP contribution is -2.48. The molecule has 0 atom stereocenters. The van der Waals surface area contributed by atoms with Gasteiger partial charge in [0.1, 0.15) is 5.82 Å². The monoisotopic (exact) mass is 346 g/mol. The van der Waals surface area contributed by atoms with Crippen molar-refractivity contribution in [2.75, 3.05) is 26.2 Å². The summed E-state index contributed by atoms with van der Waals surface area (Å²) >= 11 is 6.00. The van der Waals surface area contributed by atoms with Gasteiger partial charge in [0.25, 0.3) is 5.91 Å². The molecule has 1 heterocycles. The van der Waals surface area contributed by atoms with Crippen LogP contribution in [0, 0.1) is 12.7 Å². The number of nitrogens with zero attached hydrogens (tertiary/aromatic N) is 2. The van der Waals surface area contributed by atoms with E-state index in [0.29, 0.717) is 18.7 Å². The van der Waals surface area contributed by atoms with E-state index >= 15 is 0 Å². The third-order valence-corrected chi connectivity index (χ3v) is 4.79. The average Bonchev–Trinajstić information content (AvgIpc) is 2.57. The number of benzene rings is 2. The van der Waals surface area contributed by atoms with Crippen LogP contribution in [0.1, 0.15) is 21.5 Å². The maximum absolute atomic E-state index is 13.1. The lowest BCUT2D eigenvalue weighted by Gasteiger charge is -2.35. The van der Waals surface area contributed by atoms with Crippen molar-refractivity contribution in [3.05, 3.63) is 70.0 Å². The smallest absolute Gasteiger partial charge is 0.255 e. The second-order valence-corrected chi connectivity index (χ2v) is 6.53. The molecule has 126 valence electrons. The molecule has 0 saturated carbocycles. The van der Waals surface area contributed by atoms with Crippen molar-refractivity contribution in [3.63, 3.8) is 0 Å². The Morgan fingerprint density at radius 2 is 1.83 bits per heavy atom. The fourth-order valence-electron chi connectivity index (χ4n) is 2.97. The molecule has 1 saturated heterocycles. The second-order valence-electron chi connectivity index (χ2n) is 6.12. The Morgan fingerprint density at radius 3 is 2.50 bits per heavy atom. The van der Waals surface area contributed by atoms with Gasteiger partial charge in [-0.3, -0.25) is 9.69 Å². The molecule has 1 fully saturated rings. The molecule has 3 rings (SSSR count). The number of amides is 1. The number of hydrogen-bond donors (Lipinski definition) is 0. The molecule has 3 nitrogen and oxygen atoms in total. The predicted octanol–water partition coefficient (Wildman–Crippen LogP) is 3.75. The second kappa shape index (κ2) is 7.32. The fourth-order valence-corrected chi connectivity index (χ4v) is 3.22. The van der Waals surface area contributed by atoms with E-state index < -0.39 is 5.82 Å². The summed E-state index contributed by atoms with van der Waals surface area (Å²) in [5, 5.41) is 0.169. The normalized spacial score (nSPS) is 15.5. The Bertz CT molecular complexity index is 742. The highest BCUT2D eigenvalue weighted by molar-refractivity contribution is 6.33. The van der Waals surface area contributed by atoms with Crippen molar-refractivity contribution in [1.29, 1.82) is 0 Å². The van der Waals surface area contributed by atoms with Gasteiger partial charge in [-0.2, -0.15) is 0 Å². The molecule has 2 aromatic carbocycles. The molecule has 0 spiro atoms. The van der Waals surface area contributed by atoms with Gasteiger partial charge in [0.05, 0.1) is 10.6 Å². The van der Waals surface area contributed by atoms with Gasteiger partial charge in [-0.05, 0) is 36.2 Å². The number of hydrogen-bond acceptors (Lipinski definition) is 2. The van der Waals surface area contributed by atoms with E-state index in [4.69, 9.17) is 11.6 Å². The summed E-state index contributed by atoms with van der Waals surface area (Å²) in [6.45, 7) is 5.95. The first-order valence-electron chi connectivity index (χ1n) is 8.06. The van der Waals surface area contributed by atoms with Gasteiger partial charge in [-0.1, -0.05) is 35.9 Å². The van der Waals surface area contributed by atoms with Crippen LogP contribution in [-0.2, 0) is 6.54 Å². The molecule has 2 aromatic rings. The predicted molar refractivity (Wildman–Crippen MR) is 93.8 cm³/mol. The van der Waals surface area contributed by atoms with Gasteiger partial charge in [0, 0.05) is 32.7 Å². The molecule has 0 aromatic heterocycles. The topological polar surface area (TPSA) is 23.6 Å². The van der Waals surface area contributed by atoms with Crippen LogP contribution in [0.5, 0.6) is 0 Å². The highest BCUT2D eigenvalue weighted by atomic mass is 35.5. The van der Waals surface area contributed by atoms with Crippen LogP contribution in [0.25, 0.3) is 0 Å². The fraction of sp³-hybridized carbons (Fsp3) is 0.316. The first kappa shape index (κ1) is 16.9. The third kappa shape index (κ3) is 3.77. The first-order chi connectivity index (χ1) is 11.5. The Morgan fingerprint density at radius 1 is 1.12 bits per heavy atom. The summed E-state index contributed by atoms with van der Waals surface area (Å²) in [6, 6.07) is 12.3. The number of piperazine rings is 1. The minimum absolute atomic E-state index is 0.129. The average molecular weight is 347 g/mol. The van der Waals surface area contributed by atoms with Crippen LogP contribution in [0.3, 0.4) is 0 Å².